The van der Waals surface area contributed by atoms with Crippen LogP contribution in [0.5, 0.6) is 0 Å². The quantitative estimate of drug-likeness (QED) is 0.676. The van der Waals surface area contributed by atoms with Gasteiger partial charge in [0.05, 0.1) is 33.0 Å². The Bertz CT molecular complexity index is 738. The molecule has 0 atom stereocenters. The van der Waals surface area contributed by atoms with Crippen LogP contribution >= 0.6 is 11.3 Å². The van der Waals surface area contributed by atoms with Crippen LogP contribution in [-0.2, 0) is 0 Å². The number of hydrogen-bond donors (Lipinski definition) is 3. The fraction of sp³-hybridized carbons (Fsp3) is 0.231. The van der Waals surface area contributed by atoms with E-state index in [4.69, 9.17) is 0 Å². The third-order valence-electron chi connectivity index (χ3n) is 2.95. The van der Waals surface area contributed by atoms with Gasteiger partial charge in [0.25, 0.3) is 6.43 Å². The molecule has 0 aliphatic heterocycles. The van der Waals surface area contributed by atoms with Gasteiger partial charge >= 0.3 is 0 Å². The lowest BCUT2D eigenvalue weighted by atomic mass is 10.3. The highest BCUT2D eigenvalue weighted by molar-refractivity contribution is 7.22. The van der Waals surface area contributed by atoms with Gasteiger partial charge in [0.1, 0.15) is 5.82 Å². The van der Waals surface area contributed by atoms with E-state index in [1.165, 1.54) is 11.3 Å². The zero-order chi connectivity index (χ0) is 14.8. The van der Waals surface area contributed by atoms with Crippen LogP contribution in [0, 0.1) is 0 Å². The number of halogens is 2. The average molecular weight is 309 g/mol. The van der Waals surface area contributed by atoms with Gasteiger partial charge in [0.15, 0.2) is 0 Å². The number of anilines is 2. The van der Waals surface area contributed by atoms with Crippen LogP contribution in [0.2, 0.25) is 0 Å². The predicted octanol–water partition coefficient (Wildman–Crippen LogP) is 3.41. The maximum atomic E-state index is 12.4. The molecule has 0 saturated heterocycles. The van der Waals surface area contributed by atoms with E-state index in [2.05, 4.69) is 25.8 Å². The number of alkyl halides is 2. The largest absolute Gasteiger partial charge is 0.378 e. The molecule has 3 aromatic rings. The van der Waals surface area contributed by atoms with Crippen LogP contribution in [0.3, 0.4) is 0 Å². The number of aromatic nitrogens is 3. The third kappa shape index (κ3) is 2.80. The SMILES string of the molecule is CNc1cc(NCC(F)F)c2sc(-c3ccn[nH]3)cc2n1. The molecule has 0 amide bonds. The van der Waals surface area contributed by atoms with Crippen molar-refractivity contribution >= 4 is 33.1 Å². The molecule has 110 valence electrons. The Morgan fingerprint density at radius 1 is 1.38 bits per heavy atom. The minimum Gasteiger partial charge on any atom is -0.378 e. The van der Waals surface area contributed by atoms with Crippen molar-refractivity contribution in [3.63, 3.8) is 0 Å². The standard InChI is InChI=1S/C13H13F2N5S/c1-16-12-5-8(17-6-11(14)15)13-9(19-12)4-10(21-13)7-2-3-18-20-7/h2-5,11H,6H2,1H3,(H,18,20)(H2,16,17,19). The van der Waals surface area contributed by atoms with E-state index in [0.29, 0.717) is 11.5 Å². The molecule has 0 unspecified atom stereocenters. The summed E-state index contributed by atoms with van der Waals surface area (Å²) in [7, 11) is 1.74. The second-order valence-electron chi connectivity index (χ2n) is 4.37. The Morgan fingerprint density at radius 3 is 2.90 bits per heavy atom. The molecule has 21 heavy (non-hydrogen) atoms. The van der Waals surface area contributed by atoms with Gasteiger partial charge in [-0.15, -0.1) is 11.3 Å². The van der Waals surface area contributed by atoms with Crippen LogP contribution in [0.15, 0.2) is 24.4 Å². The lowest BCUT2D eigenvalue weighted by Crippen LogP contribution is -2.10. The maximum Gasteiger partial charge on any atom is 0.255 e. The first-order valence-electron chi connectivity index (χ1n) is 6.31. The summed E-state index contributed by atoms with van der Waals surface area (Å²) >= 11 is 1.48. The molecule has 3 heterocycles. The van der Waals surface area contributed by atoms with Crippen LogP contribution in [0.1, 0.15) is 0 Å². The van der Waals surface area contributed by atoms with E-state index in [1.54, 1.807) is 19.3 Å². The van der Waals surface area contributed by atoms with E-state index in [1.807, 2.05) is 12.1 Å². The van der Waals surface area contributed by atoms with Gasteiger partial charge in [-0.25, -0.2) is 13.8 Å². The highest BCUT2D eigenvalue weighted by Gasteiger charge is 2.13. The molecule has 0 fully saturated rings. The Balaban J connectivity index is 2.07. The van der Waals surface area contributed by atoms with Gasteiger partial charge in [-0.3, -0.25) is 5.10 Å². The van der Waals surface area contributed by atoms with E-state index in [-0.39, 0.29) is 6.54 Å². The van der Waals surface area contributed by atoms with E-state index < -0.39 is 6.43 Å². The van der Waals surface area contributed by atoms with Gasteiger partial charge in [-0.1, -0.05) is 0 Å². The number of nitrogens with zero attached hydrogens (tertiary/aromatic N) is 2. The Hall–Kier alpha value is -2.22. The minimum absolute atomic E-state index is 0.389. The molecule has 0 saturated carbocycles. The molecular formula is C13H13F2N5S. The fourth-order valence-corrected chi connectivity index (χ4v) is 3.06. The lowest BCUT2D eigenvalue weighted by molar-refractivity contribution is 0.163. The highest BCUT2D eigenvalue weighted by Crippen LogP contribution is 2.37. The molecule has 5 nitrogen and oxygen atoms in total. The number of aromatic amines is 1. The van der Waals surface area contributed by atoms with Crippen LogP contribution in [0.25, 0.3) is 20.8 Å². The van der Waals surface area contributed by atoms with Crippen molar-refractivity contribution < 1.29 is 8.78 Å². The Morgan fingerprint density at radius 2 is 2.24 bits per heavy atom. The van der Waals surface area contributed by atoms with Crippen LogP contribution < -0.4 is 10.6 Å². The summed E-state index contributed by atoms with van der Waals surface area (Å²) in [6.07, 6.45) is -0.736. The smallest absolute Gasteiger partial charge is 0.255 e. The zero-order valence-corrected chi connectivity index (χ0v) is 12.0. The summed E-state index contributed by atoms with van der Waals surface area (Å²) in [5, 5.41) is 12.5. The number of fused-ring (bicyclic) bond motifs is 1. The molecule has 0 aliphatic rings. The molecule has 3 aromatic heterocycles. The predicted molar refractivity (Wildman–Crippen MR) is 81.2 cm³/mol. The number of nitrogens with one attached hydrogen (secondary N) is 3. The van der Waals surface area contributed by atoms with E-state index in [0.717, 1.165) is 20.8 Å². The Kier molecular flexibility index (Phi) is 3.70. The molecule has 3 rings (SSSR count). The van der Waals surface area contributed by atoms with Crippen LogP contribution in [0.4, 0.5) is 20.3 Å². The molecule has 0 aromatic carbocycles. The molecule has 3 N–H and O–H groups in total. The van der Waals surface area contributed by atoms with Gasteiger partial charge in [-0.2, -0.15) is 5.10 Å². The van der Waals surface area contributed by atoms with Crippen molar-refractivity contribution in [3.8, 4) is 10.6 Å². The second-order valence-corrected chi connectivity index (χ2v) is 5.42. The average Bonchev–Trinajstić information content (AvgIpc) is 3.12. The monoisotopic (exact) mass is 309 g/mol. The summed E-state index contributed by atoms with van der Waals surface area (Å²) in [6, 6.07) is 5.51. The van der Waals surface area contributed by atoms with Crippen molar-refractivity contribution in [2.75, 3.05) is 24.2 Å². The molecule has 0 spiro atoms. The van der Waals surface area contributed by atoms with Crippen LogP contribution in [-0.4, -0.2) is 35.2 Å². The van der Waals surface area contributed by atoms with Gasteiger partial charge in [0.2, 0.25) is 0 Å². The molecule has 0 aliphatic carbocycles. The lowest BCUT2D eigenvalue weighted by Gasteiger charge is -2.08. The van der Waals surface area contributed by atoms with Crippen molar-refractivity contribution in [2.45, 2.75) is 6.43 Å². The zero-order valence-electron chi connectivity index (χ0n) is 11.2. The second kappa shape index (κ2) is 5.65. The molecule has 0 bridgehead atoms. The topological polar surface area (TPSA) is 65.6 Å². The summed E-state index contributed by atoms with van der Waals surface area (Å²) in [6.45, 7) is -0.389. The van der Waals surface area contributed by atoms with Crippen molar-refractivity contribution in [3.05, 3.63) is 24.4 Å². The summed E-state index contributed by atoms with van der Waals surface area (Å²) in [4.78, 5) is 5.41. The molecular weight excluding hydrogens is 296 g/mol. The molecule has 0 radical (unpaired) electrons. The first-order valence-corrected chi connectivity index (χ1v) is 7.13. The first kappa shape index (κ1) is 13.7. The molecule has 8 heteroatoms. The Labute approximate surface area is 123 Å². The first-order chi connectivity index (χ1) is 10.2. The number of rotatable bonds is 5. The summed E-state index contributed by atoms with van der Waals surface area (Å²) < 4.78 is 25.7. The van der Waals surface area contributed by atoms with Gasteiger partial charge < -0.3 is 10.6 Å². The minimum atomic E-state index is -2.40. The van der Waals surface area contributed by atoms with Crippen molar-refractivity contribution in [2.24, 2.45) is 0 Å². The fourth-order valence-electron chi connectivity index (χ4n) is 1.99. The van der Waals surface area contributed by atoms with Gasteiger partial charge in [-0.05, 0) is 12.1 Å². The van der Waals surface area contributed by atoms with Crippen molar-refractivity contribution in [1.29, 1.82) is 0 Å². The number of H-pyrrole nitrogens is 1. The van der Waals surface area contributed by atoms with E-state index >= 15 is 0 Å². The number of hydrogen-bond acceptors (Lipinski definition) is 5. The third-order valence-corrected chi connectivity index (χ3v) is 4.14. The van der Waals surface area contributed by atoms with E-state index in [9.17, 15) is 8.78 Å². The maximum absolute atomic E-state index is 12.4. The van der Waals surface area contributed by atoms with Gasteiger partial charge in [0, 0.05) is 19.3 Å². The highest BCUT2D eigenvalue weighted by atomic mass is 32.1. The number of thiophene rings is 1. The summed E-state index contributed by atoms with van der Waals surface area (Å²) in [5.74, 6) is 0.633. The van der Waals surface area contributed by atoms with Crippen molar-refractivity contribution in [1.82, 2.24) is 15.2 Å². The summed E-state index contributed by atoms with van der Waals surface area (Å²) in [5.41, 5.74) is 2.29. The normalized spacial score (nSPS) is 11.2. The number of pyridine rings is 1.